The Morgan fingerprint density at radius 3 is 2.42 bits per heavy atom. The topological polar surface area (TPSA) is 36.1 Å². The third kappa shape index (κ3) is 1.20. The summed E-state index contributed by atoms with van der Waals surface area (Å²) in [6.45, 7) is -0.538. The number of hydrogen-bond acceptors (Lipinski definition) is 2. The molecule has 0 aromatic heterocycles. The summed E-state index contributed by atoms with van der Waals surface area (Å²) in [6, 6.07) is 1.23. The molecule has 1 unspecified atom stereocenters. The molecule has 1 rings (SSSR count). The standard InChI is InChI=1S/C7H5F3N2/c8-7(9,10)6(4-11)2-1-3-12-5-6/h1-3H,5H2. The number of nitrogens with zero attached hydrogens (tertiary/aromatic N) is 2. The average Bonchev–Trinajstić information content (AvgIpc) is 2.04. The fourth-order valence-corrected chi connectivity index (χ4v) is 0.838. The average molecular weight is 174 g/mol. The summed E-state index contributed by atoms with van der Waals surface area (Å²) in [5.74, 6) is 0. The predicted molar refractivity (Wildman–Crippen MR) is 36.6 cm³/mol. The van der Waals surface area contributed by atoms with Crippen molar-refractivity contribution in [3.8, 4) is 6.07 Å². The van der Waals surface area contributed by atoms with Crippen molar-refractivity contribution in [3.63, 3.8) is 0 Å². The summed E-state index contributed by atoms with van der Waals surface area (Å²) in [5, 5.41) is 8.38. The maximum absolute atomic E-state index is 12.2. The highest BCUT2D eigenvalue weighted by molar-refractivity contribution is 5.72. The van der Waals surface area contributed by atoms with Crippen molar-refractivity contribution >= 4 is 6.21 Å². The van der Waals surface area contributed by atoms with Crippen LogP contribution in [0.2, 0.25) is 0 Å². The molecule has 0 aliphatic carbocycles. The summed E-state index contributed by atoms with van der Waals surface area (Å²) in [4.78, 5) is 3.41. The van der Waals surface area contributed by atoms with Crippen LogP contribution in [0.3, 0.4) is 0 Å². The lowest BCUT2D eigenvalue weighted by Crippen LogP contribution is -2.38. The van der Waals surface area contributed by atoms with Gasteiger partial charge in [0.2, 0.25) is 0 Å². The number of rotatable bonds is 0. The molecule has 0 radical (unpaired) electrons. The minimum atomic E-state index is -4.55. The van der Waals surface area contributed by atoms with Gasteiger partial charge in [-0.05, 0) is 6.08 Å². The molecule has 5 heteroatoms. The summed E-state index contributed by atoms with van der Waals surface area (Å²) < 4.78 is 36.7. The molecule has 0 spiro atoms. The predicted octanol–water partition coefficient (Wildman–Crippen LogP) is 1.70. The second-order valence-electron chi connectivity index (χ2n) is 2.43. The lowest BCUT2D eigenvalue weighted by Gasteiger charge is -2.25. The lowest BCUT2D eigenvalue weighted by molar-refractivity contribution is -0.183. The van der Waals surface area contributed by atoms with Crippen LogP contribution in [-0.2, 0) is 0 Å². The van der Waals surface area contributed by atoms with Crippen LogP contribution in [0.1, 0.15) is 0 Å². The number of dihydropyridines is 1. The Hall–Kier alpha value is -1.31. The Kier molecular flexibility index (Phi) is 1.92. The van der Waals surface area contributed by atoms with Gasteiger partial charge in [-0.1, -0.05) is 6.08 Å². The van der Waals surface area contributed by atoms with E-state index in [1.807, 2.05) is 0 Å². The largest absolute Gasteiger partial charge is 0.412 e. The van der Waals surface area contributed by atoms with Gasteiger partial charge in [-0.2, -0.15) is 18.4 Å². The molecule has 0 aromatic rings. The molecule has 0 bridgehead atoms. The molecule has 2 nitrogen and oxygen atoms in total. The van der Waals surface area contributed by atoms with Gasteiger partial charge >= 0.3 is 6.18 Å². The van der Waals surface area contributed by atoms with Crippen molar-refractivity contribution in [2.45, 2.75) is 6.18 Å². The number of hydrogen-bond donors (Lipinski definition) is 0. The third-order valence-electron chi connectivity index (χ3n) is 1.62. The van der Waals surface area contributed by atoms with E-state index in [1.165, 1.54) is 12.3 Å². The van der Waals surface area contributed by atoms with E-state index >= 15 is 0 Å². The van der Waals surface area contributed by atoms with E-state index in [1.54, 1.807) is 0 Å². The maximum Gasteiger partial charge on any atom is 0.412 e. The van der Waals surface area contributed by atoms with Crippen molar-refractivity contribution < 1.29 is 13.2 Å². The van der Waals surface area contributed by atoms with E-state index in [4.69, 9.17) is 5.26 Å². The Labute approximate surface area is 67.0 Å². The van der Waals surface area contributed by atoms with Crippen LogP contribution in [0.4, 0.5) is 13.2 Å². The summed E-state index contributed by atoms with van der Waals surface area (Å²) in [5.41, 5.74) is -2.41. The van der Waals surface area contributed by atoms with E-state index in [9.17, 15) is 13.2 Å². The molecule has 1 aliphatic heterocycles. The zero-order valence-electron chi connectivity index (χ0n) is 5.97. The van der Waals surface area contributed by atoms with Crippen molar-refractivity contribution in [1.82, 2.24) is 0 Å². The number of aliphatic imine (C=N–C) groups is 1. The van der Waals surface area contributed by atoms with Crippen LogP contribution in [0, 0.1) is 16.7 Å². The van der Waals surface area contributed by atoms with Gasteiger partial charge in [0.05, 0.1) is 12.6 Å². The summed E-state index contributed by atoms with van der Waals surface area (Å²) in [7, 11) is 0. The smallest absolute Gasteiger partial charge is 0.291 e. The van der Waals surface area contributed by atoms with Crippen LogP contribution in [0.25, 0.3) is 0 Å². The fraction of sp³-hybridized carbons (Fsp3) is 0.429. The highest BCUT2D eigenvalue weighted by Crippen LogP contribution is 2.40. The van der Waals surface area contributed by atoms with Crippen LogP contribution in [0.15, 0.2) is 17.1 Å². The van der Waals surface area contributed by atoms with Gasteiger partial charge in [0.15, 0.2) is 5.41 Å². The number of allylic oxidation sites excluding steroid dienone is 1. The van der Waals surface area contributed by atoms with E-state index in [0.717, 1.165) is 12.2 Å². The third-order valence-corrected chi connectivity index (χ3v) is 1.62. The van der Waals surface area contributed by atoms with Crippen LogP contribution in [-0.4, -0.2) is 18.9 Å². The minimum absolute atomic E-state index is 0.538. The molecule has 0 saturated carbocycles. The number of halogens is 3. The molecule has 1 atom stereocenters. The van der Waals surface area contributed by atoms with E-state index in [2.05, 4.69) is 4.99 Å². The van der Waals surface area contributed by atoms with Crippen LogP contribution >= 0.6 is 0 Å². The highest BCUT2D eigenvalue weighted by Gasteiger charge is 2.54. The van der Waals surface area contributed by atoms with Gasteiger partial charge < -0.3 is 0 Å². The van der Waals surface area contributed by atoms with Crippen molar-refractivity contribution in [1.29, 1.82) is 5.26 Å². The SMILES string of the molecule is N#CC1(C(F)(F)F)C=CC=NC1. The first-order chi connectivity index (χ1) is 5.52. The van der Waals surface area contributed by atoms with Crippen LogP contribution in [0.5, 0.6) is 0 Å². The second-order valence-corrected chi connectivity index (χ2v) is 2.43. The highest BCUT2D eigenvalue weighted by atomic mass is 19.4. The molecule has 0 saturated heterocycles. The molecule has 0 amide bonds. The van der Waals surface area contributed by atoms with Gasteiger partial charge in [0, 0.05) is 6.21 Å². The van der Waals surface area contributed by atoms with Crippen molar-refractivity contribution in [2.75, 3.05) is 6.54 Å². The first kappa shape index (κ1) is 8.78. The zero-order chi connectivity index (χ0) is 9.24. The molecule has 12 heavy (non-hydrogen) atoms. The van der Waals surface area contributed by atoms with Gasteiger partial charge in [-0.3, -0.25) is 4.99 Å². The normalized spacial score (nSPS) is 28.5. The minimum Gasteiger partial charge on any atom is -0.291 e. The van der Waals surface area contributed by atoms with Crippen molar-refractivity contribution in [2.24, 2.45) is 10.4 Å². The molecule has 0 aromatic carbocycles. The molecule has 0 fully saturated rings. The molecular formula is C7H5F3N2. The Morgan fingerprint density at radius 2 is 2.17 bits per heavy atom. The monoisotopic (exact) mass is 174 g/mol. The van der Waals surface area contributed by atoms with E-state index in [-0.39, 0.29) is 0 Å². The second kappa shape index (κ2) is 2.63. The summed E-state index contributed by atoms with van der Waals surface area (Å²) >= 11 is 0. The first-order valence-corrected chi connectivity index (χ1v) is 3.17. The Bertz CT molecular complexity index is 271. The molecule has 64 valence electrons. The van der Waals surface area contributed by atoms with Gasteiger partial charge in [0.25, 0.3) is 0 Å². The first-order valence-electron chi connectivity index (χ1n) is 3.17. The maximum atomic E-state index is 12.2. The van der Waals surface area contributed by atoms with Gasteiger partial charge in [-0.15, -0.1) is 0 Å². The number of nitriles is 1. The number of alkyl halides is 3. The quantitative estimate of drug-likeness (QED) is 0.550. The van der Waals surface area contributed by atoms with Crippen molar-refractivity contribution in [3.05, 3.63) is 12.2 Å². The lowest BCUT2D eigenvalue weighted by atomic mass is 9.87. The molecule has 1 heterocycles. The van der Waals surface area contributed by atoms with Crippen LogP contribution < -0.4 is 0 Å². The Balaban J connectivity index is 3.02. The molecule has 1 aliphatic rings. The fourth-order valence-electron chi connectivity index (χ4n) is 0.838. The molecule has 0 N–H and O–H groups in total. The van der Waals surface area contributed by atoms with E-state index < -0.39 is 18.1 Å². The van der Waals surface area contributed by atoms with Gasteiger partial charge in [-0.25, -0.2) is 0 Å². The molecular weight excluding hydrogens is 169 g/mol. The van der Waals surface area contributed by atoms with E-state index in [0.29, 0.717) is 0 Å². The zero-order valence-corrected chi connectivity index (χ0v) is 5.97. The van der Waals surface area contributed by atoms with Gasteiger partial charge in [0.1, 0.15) is 0 Å². The summed E-state index contributed by atoms with van der Waals surface area (Å²) in [6.07, 6.45) is -1.32. The Morgan fingerprint density at radius 1 is 1.50 bits per heavy atom.